The van der Waals surface area contributed by atoms with Crippen LogP contribution in [0.15, 0.2) is 273 Å². The van der Waals surface area contributed by atoms with Gasteiger partial charge in [0.05, 0.1) is 22.1 Å². The Labute approximate surface area is 408 Å². The van der Waals surface area contributed by atoms with Crippen molar-refractivity contribution in [3.05, 3.63) is 273 Å². The summed E-state index contributed by atoms with van der Waals surface area (Å²) in [5.74, 6) is 0. The molecule has 0 unspecified atom stereocenters. The minimum absolute atomic E-state index is 0.988. The maximum absolute atomic E-state index is 2.43. The van der Waals surface area contributed by atoms with Gasteiger partial charge < -0.3 is 18.9 Å². The van der Waals surface area contributed by atoms with E-state index in [9.17, 15) is 0 Å². The summed E-state index contributed by atoms with van der Waals surface area (Å²) in [6, 6.07) is 90.6. The molecule has 1 aliphatic rings. The zero-order valence-electron chi connectivity index (χ0n) is 38.6. The van der Waals surface area contributed by atoms with E-state index in [4.69, 9.17) is 0 Å². The van der Waals surface area contributed by atoms with Gasteiger partial charge in [-0.25, -0.2) is 0 Å². The monoisotopic (exact) mass is 896 g/mol. The highest BCUT2D eigenvalue weighted by Crippen LogP contribution is 2.45. The van der Waals surface area contributed by atoms with Crippen molar-refractivity contribution in [1.29, 1.82) is 0 Å². The number of para-hydroxylation sites is 5. The van der Waals surface area contributed by atoms with Gasteiger partial charge in [-0.15, -0.1) is 0 Å². The molecule has 2 aromatic heterocycles. The lowest BCUT2D eigenvalue weighted by atomic mass is 10.00. The van der Waals surface area contributed by atoms with Crippen molar-refractivity contribution in [3.8, 4) is 33.6 Å². The fourth-order valence-corrected chi connectivity index (χ4v) is 10.7. The van der Waals surface area contributed by atoms with Crippen LogP contribution in [0.3, 0.4) is 0 Å². The molecule has 13 rings (SSSR count). The van der Waals surface area contributed by atoms with Crippen LogP contribution in [0.5, 0.6) is 0 Å². The van der Waals surface area contributed by atoms with Crippen LogP contribution in [0, 0.1) is 0 Å². The summed E-state index contributed by atoms with van der Waals surface area (Å²) in [7, 11) is 0. The predicted octanol–water partition coefficient (Wildman–Crippen LogP) is 18.1. The molecule has 0 aliphatic heterocycles. The molecule has 1 aliphatic carbocycles. The van der Waals surface area contributed by atoms with Crippen molar-refractivity contribution in [2.75, 3.05) is 9.80 Å². The standard InChI is InChI=1S/C66H48N4/c1-6-20-47(21-7-1)48-34-37-55(38-35-48)70-63-32-18-16-30-59(63)61-40-36-49(44-66(61)70)50-42-57(67(51-22-8-2-9-23-51)52-24-10-3-11-25-52)45-58(43-50)68(53-26-12-4-13-27-53)56-39-41-65-62(46-56)60-31-17-19-33-64(60)69(65)54-28-14-5-15-29-54/h1-2,4-10,12-46H,3,11H2. The molecule has 0 saturated carbocycles. The maximum atomic E-state index is 2.43. The maximum Gasteiger partial charge on any atom is 0.0547 e. The zero-order chi connectivity index (χ0) is 46.4. The Kier molecular flexibility index (Phi) is 10.3. The van der Waals surface area contributed by atoms with E-state index >= 15 is 0 Å². The van der Waals surface area contributed by atoms with E-state index in [2.05, 4.69) is 286 Å². The van der Waals surface area contributed by atoms with Gasteiger partial charge in [0, 0.05) is 67.1 Å². The van der Waals surface area contributed by atoms with Crippen molar-refractivity contribution >= 4 is 72.0 Å². The van der Waals surface area contributed by atoms with E-state index in [1.54, 1.807) is 0 Å². The second-order valence-electron chi connectivity index (χ2n) is 18.1. The van der Waals surface area contributed by atoms with Crippen LogP contribution < -0.4 is 9.80 Å². The van der Waals surface area contributed by atoms with Crippen LogP contribution in [0.4, 0.5) is 28.4 Å². The first-order valence-electron chi connectivity index (χ1n) is 24.2. The Morgan fingerprint density at radius 1 is 0.286 bits per heavy atom. The second-order valence-corrected chi connectivity index (χ2v) is 18.1. The van der Waals surface area contributed by atoms with Crippen molar-refractivity contribution in [2.45, 2.75) is 12.8 Å². The van der Waals surface area contributed by atoms with E-state index in [0.717, 1.165) is 75.0 Å². The Morgan fingerprint density at radius 2 is 0.800 bits per heavy atom. The van der Waals surface area contributed by atoms with E-state index in [1.165, 1.54) is 49.2 Å². The normalized spacial score (nSPS) is 12.5. The topological polar surface area (TPSA) is 16.3 Å². The summed E-state index contributed by atoms with van der Waals surface area (Å²) in [5, 5.41) is 4.87. The van der Waals surface area contributed by atoms with Gasteiger partial charge in [0.15, 0.2) is 0 Å². The molecule has 0 atom stereocenters. The van der Waals surface area contributed by atoms with Gasteiger partial charge in [-0.3, -0.25) is 0 Å². The molecule has 0 amide bonds. The average molecular weight is 897 g/mol. The molecule has 0 N–H and O–H groups in total. The van der Waals surface area contributed by atoms with Crippen LogP contribution in [0.1, 0.15) is 12.8 Å². The molecule has 4 heteroatoms. The number of fused-ring (bicyclic) bond motifs is 6. The number of allylic oxidation sites excluding steroid dienone is 3. The Hall–Kier alpha value is -9.12. The lowest BCUT2D eigenvalue weighted by Crippen LogP contribution is -2.17. The largest absolute Gasteiger partial charge is 0.311 e. The first-order chi connectivity index (χ1) is 34.7. The summed E-state index contributed by atoms with van der Waals surface area (Å²) in [6.07, 6.45) is 8.97. The molecule has 4 nitrogen and oxygen atoms in total. The van der Waals surface area contributed by atoms with Gasteiger partial charge in [0.1, 0.15) is 0 Å². The van der Waals surface area contributed by atoms with Gasteiger partial charge >= 0.3 is 0 Å². The van der Waals surface area contributed by atoms with Crippen LogP contribution >= 0.6 is 0 Å². The number of benzene rings is 10. The molecular formula is C66H48N4. The molecule has 10 aromatic carbocycles. The van der Waals surface area contributed by atoms with Crippen LogP contribution in [-0.2, 0) is 0 Å². The Morgan fingerprint density at radius 3 is 1.47 bits per heavy atom. The smallest absolute Gasteiger partial charge is 0.0547 e. The van der Waals surface area contributed by atoms with Crippen molar-refractivity contribution in [3.63, 3.8) is 0 Å². The molecule has 0 saturated heterocycles. The van der Waals surface area contributed by atoms with Crippen LogP contribution in [0.25, 0.3) is 77.2 Å². The summed E-state index contributed by atoms with van der Waals surface area (Å²) in [6.45, 7) is 0. The lowest BCUT2D eigenvalue weighted by molar-refractivity contribution is 0.997. The average Bonchev–Trinajstić information content (AvgIpc) is 3.95. The van der Waals surface area contributed by atoms with Gasteiger partial charge in [-0.1, -0.05) is 158 Å². The van der Waals surface area contributed by atoms with Crippen molar-refractivity contribution < 1.29 is 0 Å². The fraction of sp³-hybridized carbons (Fsp3) is 0.0303. The third kappa shape index (κ3) is 7.26. The number of rotatable bonds is 10. The Bertz CT molecular complexity index is 3920. The van der Waals surface area contributed by atoms with Crippen molar-refractivity contribution in [1.82, 2.24) is 9.13 Å². The van der Waals surface area contributed by atoms with Crippen molar-refractivity contribution in [2.24, 2.45) is 0 Å². The highest BCUT2D eigenvalue weighted by molar-refractivity contribution is 6.12. The summed E-state index contributed by atoms with van der Waals surface area (Å²) < 4.78 is 4.81. The molecular weight excluding hydrogens is 849 g/mol. The predicted molar refractivity (Wildman–Crippen MR) is 296 cm³/mol. The zero-order valence-corrected chi connectivity index (χ0v) is 38.6. The summed E-state index contributed by atoms with van der Waals surface area (Å²) >= 11 is 0. The quantitative estimate of drug-likeness (QED) is 0.136. The fourth-order valence-electron chi connectivity index (χ4n) is 10.7. The highest BCUT2D eigenvalue weighted by atomic mass is 15.2. The van der Waals surface area contributed by atoms with E-state index in [-0.39, 0.29) is 0 Å². The minimum atomic E-state index is 0.988. The molecule has 0 radical (unpaired) electrons. The first-order valence-corrected chi connectivity index (χ1v) is 24.2. The molecule has 332 valence electrons. The van der Waals surface area contributed by atoms with Gasteiger partial charge in [0.2, 0.25) is 0 Å². The number of aromatic nitrogens is 2. The van der Waals surface area contributed by atoms with Crippen LogP contribution in [-0.4, -0.2) is 9.13 Å². The number of hydrogen-bond donors (Lipinski definition) is 0. The third-order valence-corrected chi connectivity index (χ3v) is 13.8. The molecule has 0 fully saturated rings. The van der Waals surface area contributed by atoms with E-state index < -0.39 is 0 Å². The molecule has 12 aromatic rings. The molecule has 2 heterocycles. The third-order valence-electron chi connectivity index (χ3n) is 13.8. The number of anilines is 5. The molecule has 0 spiro atoms. The lowest BCUT2D eigenvalue weighted by Gasteiger charge is -2.31. The van der Waals surface area contributed by atoms with E-state index in [0.29, 0.717) is 0 Å². The van der Waals surface area contributed by atoms with Gasteiger partial charge in [0.25, 0.3) is 0 Å². The summed E-state index contributed by atoms with van der Waals surface area (Å²) in [5.41, 5.74) is 18.2. The first kappa shape index (κ1) is 41.1. The van der Waals surface area contributed by atoms with Gasteiger partial charge in [-0.2, -0.15) is 0 Å². The SMILES string of the molecule is C1=CC(N(c2ccccc2)c2cc(-c3ccc4c5ccccc5n(-c5ccc(-c6ccccc6)cc5)c4c3)cc(N(c3ccccc3)c3ccc4c(c3)c3ccccc3n4-c3ccccc3)c2)=CCC1. The van der Waals surface area contributed by atoms with Crippen LogP contribution in [0.2, 0.25) is 0 Å². The highest BCUT2D eigenvalue weighted by Gasteiger charge is 2.23. The minimum Gasteiger partial charge on any atom is -0.311 e. The van der Waals surface area contributed by atoms with E-state index in [1.807, 2.05) is 0 Å². The second kappa shape index (κ2) is 17.5. The number of nitrogens with zero attached hydrogens (tertiary/aromatic N) is 4. The van der Waals surface area contributed by atoms with Gasteiger partial charge in [-0.05, 0) is 144 Å². The number of hydrogen-bond acceptors (Lipinski definition) is 2. The summed E-state index contributed by atoms with van der Waals surface area (Å²) in [4.78, 5) is 4.85. The molecule has 0 bridgehead atoms. The molecule has 70 heavy (non-hydrogen) atoms. The Balaban J connectivity index is 1.04.